The van der Waals surface area contributed by atoms with E-state index in [-0.39, 0.29) is 24.0 Å². The normalized spacial score (nSPS) is 13.8. The minimum Gasteiger partial charge on any atom is -0.508 e. The quantitative estimate of drug-likeness (QED) is 0.340. The van der Waals surface area contributed by atoms with E-state index in [4.69, 9.17) is 14.8 Å². The maximum absolute atomic E-state index is 11.9. The highest BCUT2D eigenvalue weighted by atomic mass is 32.1. The van der Waals surface area contributed by atoms with Crippen LogP contribution in [0.4, 0.5) is 11.4 Å². The van der Waals surface area contributed by atoms with Crippen molar-refractivity contribution in [3.8, 4) is 28.5 Å². The van der Waals surface area contributed by atoms with Crippen LogP contribution < -0.4 is 14.9 Å². The van der Waals surface area contributed by atoms with Gasteiger partial charge in [-0.2, -0.15) is 5.10 Å². The second-order valence-electron chi connectivity index (χ2n) is 8.50. The molecule has 36 heavy (non-hydrogen) atoms. The van der Waals surface area contributed by atoms with Gasteiger partial charge < -0.3 is 20.3 Å². The third kappa shape index (κ3) is 4.48. The summed E-state index contributed by atoms with van der Waals surface area (Å²) in [5.74, 6) is 0.294. The van der Waals surface area contributed by atoms with Crippen LogP contribution in [0.15, 0.2) is 70.1 Å². The Labute approximate surface area is 211 Å². The number of fused-ring (bicyclic) bond motifs is 1. The minimum atomic E-state index is -0.208. The summed E-state index contributed by atoms with van der Waals surface area (Å²) < 4.78 is 7.23. The first-order valence-electron chi connectivity index (χ1n) is 11.3. The molecule has 0 saturated heterocycles. The van der Waals surface area contributed by atoms with Crippen molar-refractivity contribution in [1.29, 1.82) is 0 Å². The van der Waals surface area contributed by atoms with E-state index in [1.165, 1.54) is 23.5 Å². The number of nitrogens with zero attached hydrogens (tertiary/aromatic N) is 3. The molecule has 5 rings (SSSR count). The Morgan fingerprint density at radius 1 is 1.08 bits per heavy atom. The number of aryl methyl sites for hydroxylation is 2. The molecule has 0 atom stereocenters. The Balaban J connectivity index is 1.71. The van der Waals surface area contributed by atoms with Gasteiger partial charge in [0.15, 0.2) is 6.61 Å². The molecule has 0 bridgehead atoms. The number of hydrogen-bond acceptors (Lipinski definition) is 7. The molecule has 0 unspecified atom stereocenters. The Morgan fingerprint density at radius 2 is 1.86 bits per heavy atom. The molecule has 9 heteroatoms. The van der Waals surface area contributed by atoms with E-state index in [1.807, 2.05) is 55.6 Å². The first-order chi connectivity index (χ1) is 17.3. The zero-order valence-electron chi connectivity index (χ0n) is 19.9. The van der Waals surface area contributed by atoms with E-state index in [2.05, 4.69) is 5.32 Å². The first kappa shape index (κ1) is 23.4. The third-order valence-electron chi connectivity index (χ3n) is 5.86. The molecular weight excluding hydrogens is 476 g/mol. The van der Waals surface area contributed by atoms with E-state index < -0.39 is 0 Å². The van der Waals surface area contributed by atoms with Gasteiger partial charge in [-0.3, -0.25) is 4.79 Å². The molecule has 8 nitrogen and oxygen atoms in total. The summed E-state index contributed by atoms with van der Waals surface area (Å²) in [6.45, 7) is 5.80. The van der Waals surface area contributed by atoms with Gasteiger partial charge in [0.2, 0.25) is 4.80 Å². The molecule has 2 heterocycles. The van der Waals surface area contributed by atoms with Crippen LogP contribution in [0.3, 0.4) is 0 Å². The standard InChI is InChI=1S/C27H24N4O4S/c1-15-5-4-6-16(2)26(15)29-27-31(30-17(3)20-9-8-19(32)12-23(20)33)22(14-36-27)18-7-10-24-21(11-18)28-25(34)13-35-24/h4-12,14,32-33H,13H2,1-3H3,(H,28,34). The number of carbonyl (C=O) groups is 1. The molecule has 0 radical (unpaired) electrons. The van der Waals surface area contributed by atoms with Gasteiger partial charge in [0.05, 0.1) is 22.8 Å². The third-order valence-corrected chi connectivity index (χ3v) is 6.68. The predicted octanol–water partition coefficient (Wildman–Crippen LogP) is 5.08. The molecule has 1 aromatic heterocycles. The summed E-state index contributed by atoms with van der Waals surface area (Å²) in [4.78, 5) is 17.4. The SMILES string of the molecule is CC(=Nn1c(-c2ccc3c(c2)NC(=O)CO3)csc1=Nc1c(C)cccc1C)c1ccc(O)cc1O. The number of ether oxygens (including phenoxy) is 1. The number of hydrogen-bond donors (Lipinski definition) is 3. The highest BCUT2D eigenvalue weighted by Gasteiger charge is 2.18. The number of phenolic OH excluding ortho intramolecular Hbond substituents is 2. The van der Waals surface area contributed by atoms with Gasteiger partial charge in [-0.1, -0.05) is 18.2 Å². The van der Waals surface area contributed by atoms with E-state index >= 15 is 0 Å². The monoisotopic (exact) mass is 500 g/mol. The zero-order chi connectivity index (χ0) is 25.4. The van der Waals surface area contributed by atoms with Crippen LogP contribution in [-0.4, -0.2) is 33.1 Å². The van der Waals surface area contributed by atoms with Gasteiger partial charge in [0, 0.05) is 22.6 Å². The predicted molar refractivity (Wildman–Crippen MR) is 140 cm³/mol. The van der Waals surface area contributed by atoms with Crippen LogP contribution in [0, 0.1) is 13.8 Å². The van der Waals surface area contributed by atoms with Crippen LogP contribution in [-0.2, 0) is 4.79 Å². The van der Waals surface area contributed by atoms with Gasteiger partial charge in [-0.05, 0) is 62.2 Å². The fourth-order valence-electron chi connectivity index (χ4n) is 4.02. The number of thiazole rings is 1. The molecule has 182 valence electrons. The lowest BCUT2D eigenvalue weighted by Crippen LogP contribution is -2.25. The van der Waals surface area contributed by atoms with Crippen LogP contribution in [0.25, 0.3) is 11.3 Å². The fraction of sp³-hybridized carbons (Fsp3) is 0.148. The molecule has 4 aromatic rings. The van der Waals surface area contributed by atoms with E-state index in [0.717, 1.165) is 28.1 Å². The summed E-state index contributed by atoms with van der Waals surface area (Å²) >= 11 is 1.43. The van der Waals surface area contributed by atoms with Crippen molar-refractivity contribution in [3.05, 3.63) is 81.5 Å². The number of anilines is 1. The molecule has 0 aliphatic carbocycles. The Hall–Kier alpha value is -4.37. The molecule has 1 aliphatic heterocycles. The van der Waals surface area contributed by atoms with Crippen LogP contribution in [0.5, 0.6) is 17.2 Å². The van der Waals surface area contributed by atoms with Crippen LogP contribution >= 0.6 is 11.3 Å². The van der Waals surface area contributed by atoms with Gasteiger partial charge in [-0.15, -0.1) is 11.3 Å². The summed E-state index contributed by atoms with van der Waals surface area (Å²) in [7, 11) is 0. The number of amides is 1. The molecule has 1 aliphatic rings. The van der Waals surface area contributed by atoms with Crippen molar-refractivity contribution in [2.45, 2.75) is 20.8 Å². The summed E-state index contributed by atoms with van der Waals surface area (Å²) in [6.07, 6.45) is 0. The average molecular weight is 501 g/mol. The van der Waals surface area contributed by atoms with Gasteiger partial charge in [0.25, 0.3) is 5.91 Å². The lowest BCUT2D eigenvalue weighted by atomic mass is 10.1. The van der Waals surface area contributed by atoms with Crippen molar-refractivity contribution in [2.24, 2.45) is 10.1 Å². The number of carbonyl (C=O) groups excluding carboxylic acids is 1. The maximum atomic E-state index is 11.9. The summed E-state index contributed by atoms with van der Waals surface area (Å²) in [5, 5.41) is 29.7. The second kappa shape index (κ2) is 9.35. The number of aromatic nitrogens is 1. The van der Waals surface area contributed by atoms with Crippen molar-refractivity contribution in [2.75, 3.05) is 11.9 Å². The first-order valence-corrected chi connectivity index (χ1v) is 12.1. The molecular formula is C27H24N4O4S. The number of rotatable bonds is 4. The van der Waals surface area contributed by atoms with Crippen LogP contribution in [0.2, 0.25) is 0 Å². The minimum absolute atomic E-state index is 0.0107. The van der Waals surface area contributed by atoms with Crippen molar-refractivity contribution < 1.29 is 19.7 Å². The van der Waals surface area contributed by atoms with Crippen LogP contribution in [0.1, 0.15) is 23.6 Å². The van der Waals surface area contributed by atoms with E-state index in [0.29, 0.717) is 27.5 Å². The number of para-hydroxylation sites is 1. The van der Waals surface area contributed by atoms with Crippen molar-refractivity contribution in [3.63, 3.8) is 0 Å². The number of aromatic hydroxyl groups is 2. The molecule has 3 aromatic carbocycles. The van der Waals surface area contributed by atoms with Gasteiger partial charge >= 0.3 is 0 Å². The number of benzene rings is 3. The Kier molecular flexibility index (Phi) is 6.07. The average Bonchev–Trinajstić information content (AvgIpc) is 3.22. The van der Waals surface area contributed by atoms with E-state index in [9.17, 15) is 15.0 Å². The number of nitrogens with one attached hydrogen (secondary N) is 1. The van der Waals surface area contributed by atoms with Gasteiger partial charge in [-0.25, -0.2) is 9.67 Å². The van der Waals surface area contributed by atoms with E-state index in [1.54, 1.807) is 17.7 Å². The lowest BCUT2D eigenvalue weighted by Gasteiger charge is -2.18. The van der Waals surface area contributed by atoms with Crippen molar-refractivity contribution in [1.82, 2.24) is 4.68 Å². The molecule has 0 fully saturated rings. The topological polar surface area (TPSA) is 108 Å². The molecule has 3 N–H and O–H groups in total. The Bertz CT molecular complexity index is 1580. The number of phenols is 2. The fourth-order valence-corrected chi connectivity index (χ4v) is 4.86. The zero-order valence-corrected chi connectivity index (χ0v) is 20.8. The smallest absolute Gasteiger partial charge is 0.262 e. The summed E-state index contributed by atoms with van der Waals surface area (Å²) in [6, 6.07) is 16.0. The second-order valence-corrected chi connectivity index (χ2v) is 9.34. The van der Waals surface area contributed by atoms with Crippen molar-refractivity contribution >= 4 is 34.3 Å². The molecule has 1 amide bonds. The molecule has 0 saturated carbocycles. The highest BCUT2D eigenvalue weighted by molar-refractivity contribution is 7.07. The van der Waals surface area contributed by atoms with Gasteiger partial charge in [0.1, 0.15) is 17.2 Å². The summed E-state index contributed by atoms with van der Waals surface area (Å²) in [5.41, 5.74) is 6.13. The molecule has 0 spiro atoms. The maximum Gasteiger partial charge on any atom is 0.262 e. The largest absolute Gasteiger partial charge is 0.508 e. The lowest BCUT2D eigenvalue weighted by molar-refractivity contribution is -0.118. The highest BCUT2D eigenvalue weighted by Crippen LogP contribution is 2.33. The Morgan fingerprint density at radius 3 is 2.61 bits per heavy atom.